The van der Waals surface area contributed by atoms with Crippen molar-refractivity contribution in [3.05, 3.63) is 45.9 Å². The summed E-state index contributed by atoms with van der Waals surface area (Å²) < 4.78 is 6.13. The molecule has 0 fully saturated rings. The third-order valence-corrected chi connectivity index (χ3v) is 3.12. The van der Waals surface area contributed by atoms with Crippen molar-refractivity contribution in [3.63, 3.8) is 0 Å². The van der Waals surface area contributed by atoms with Crippen LogP contribution in [0.3, 0.4) is 0 Å². The van der Waals surface area contributed by atoms with Gasteiger partial charge in [-0.05, 0) is 34.1 Å². The van der Waals surface area contributed by atoms with Gasteiger partial charge in [0.05, 0.1) is 29.5 Å². The van der Waals surface area contributed by atoms with Gasteiger partial charge in [0.2, 0.25) is 0 Å². The number of ether oxygens (including phenoxy) is 1. The molecule has 0 aliphatic rings. The molecule has 0 amide bonds. The first kappa shape index (κ1) is 13.1. The van der Waals surface area contributed by atoms with E-state index in [2.05, 4.69) is 31.2 Å². The number of anilines is 1. The Labute approximate surface area is 118 Å². The number of halogens is 2. The lowest BCUT2D eigenvalue weighted by Gasteiger charge is -2.13. The summed E-state index contributed by atoms with van der Waals surface area (Å²) in [5, 5.41) is 3.86. The first-order valence-electron chi connectivity index (χ1n) is 5.22. The number of aromatic nitrogens is 2. The molecule has 0 bridgehead atoms. The fraction of sp³-hybridized carbons (Fsp3) is 0.167. The fourth-order valence-corrected chi connectivity index (χ4v) is 2.48. The quantitative estimate of drug-likeness (QED) is 0.933. The van der Waals surface area contributed by atoms with Gasteiger partial charge in [-0.2, -0.15) is 0 Å². The predicted octanol–water partition coefficient (Wildman–Crippen LogP) is 3.51. The lowest BCUT2D eigenvalue weighted by atomic mass is 10.3. The van der Waals surface area contributed by atoms with E-state index in [0.29, 0.717) is 17.3 Å². The zero-order valence-electron chi connectivity index (χ0n) is 9.65. The van der Waals surface area contributed by atoms with Crippen molar-refractivity contribution in [3.8, 4) is 5.75 Å². The summed E-state index contributed by atoms with van der Waals surface area (Å²) in [6, 6.07) is 5.45. The Kier molecular flexibility index (Phi) is 4.38. The van der Waals surface area contributed by atoms with Crippen molar-refractivity contribution in [2.75, 3.05) is 12.4 Å². The molecule has 1 aromatic heterocycles. The molecule has 1 N–H and O–H groups in total. The second-order valence-corrected chi connectivity index (χ2v) is 4.81. The minimum atomic E-state index is 0.575. The van der Waals surface area contributed by atoms with E-state index in [-0.39, 0.29) is 0 Å². The second kappa shape index (κ2) is 6.02. The van der Waals surface area contributed by atoms with E-state index in [4.69, 9.17) is 16.3 Å². The molecule has 0 saturated heterocycles. The highest BCUT2D eigenvalue weighted by molar-refractivity contribution is 9.10. The third-order valence-electron chi connectivity index (χ3n) is 2.32. The number of hydrogen-bond acceptors (Lipinski definition) is 4. The van der Waals surface area contributed by atoms with Gasteiger partial charge in [-0.1, -0.05) is 11.6 Å². The highest BCUT2D eigenvalue weighted by Gasteiger charge is 2.09. The maximum atomic E-state index is 6.01. The van der Waals surface area contributed by atoms with Crippen LogP contribution in [0.5, 0.6) is 5.75 Å². The first-order valence-corrected chi connectivity index (χ1v) is 6.39. The fourth-order valence-electron chi connectivity index (χ4n) is 1.51. The molecule has 0 aliphatic heterocycles. The maximum absolute atomic E-state index is 6.01. The van der Waals surface area contributed by atoms with Gasteiger partial charge in [0.15, 0.2) is 5.75 Å². The molecular weight excluding hydrogens is 318 g/mol. The Morgan fingerprint density at radius 3 is 2.94 bits per heavy atom. The van der Waals surface area contributed by atoms with Crippen molar-refractivity contribution >= 4 is 33.2 Å². The third kappa shape index (κ3) is 3.11. The Balaban J connectivity index is 2.18. The highest BCUT2D eigenvalue weighted by Crippen LogP contribution is 2.36. The number of benzene rings is 1. The van der Waals surface area contributed by atoms with E-state index in [1.54, 1.807) is 19.4 Å². The summed E-state index contributed by atoms with van der Waals surface area (Å²) in [6.45, 7) is 0.575. The number of hydrogen-bond donors (Lipinski definition) is 1. The summed E-state index contributed by atoms with van der Waals surface area (Å²) in [4.78, 5) is 8.01. The summed E-state index contributed by atoms with van der Waals surface area (Å²) in [6.07, 6.45) is 3.22. The van der Waals surface area contributed by atoms with E-state index < -0.39 is 0 Å². The van der Waals surface area contributed by atoms with E-state index >= 15 is 0 Å². The topological polar surface area (TPSA) is 47.0 Å². The van der Waals surface area contributed by atoms with Crippen LogP contribution >= 0.6 is 27.5 Å². The van der Waals surface area contributed by atoms with Crippen LogP contribution in [-0.4, -0.2) is 17.1 Å². The van der Waals surface area contributed by atoms with E-state index in [0.717, 1.165) is 15.9 Å². The van der Waals surface area contributed by atoms with Gasteiger partial charge in [-0.25, -0.2) is 9.97 Å². The predicted molar refractivity (Wildman–Crippen MR) is 75.1 cm³/mol. The molecular formula is C12H11BrClN3O. The smallest absolute Gasteiger partial charge is 0.156 e. The number of rotatable bonds is 4. The Bertz CT molecular complexity index is 536. The van der Waals surface area contributed by atoms with Crippen LogP contribution in [0.15, 0.2) is 35.2 Å². The minimum Gasteiger partial charge on any atom is -0.493 e. The van der Waals surface area contributed by atoms with Gasteiger partial charge in [-0.15, -0.1) is 0 Å². The van der Waals surface area contributed by atoms with Crippen LogP contribution in [0, 0.1) is 0 Å². The molecule has 0 saturated carbocycles. The normalized spacial score (nSPS) is 10.2. The molecule has 18 heavy (non-hydrogen) atoms. The van der Waals surface area contributed by atoms with Crippen LogP contribution in [0.4, 0.5) is 5.69 Å². The lowest BCUT2D eigenvalue weighted by Crippen LogP contribution is -2.03. The van der Waals surface area contributed by atoms with Gasteiger partial charge in [-0.3, -0.25) is 0 Å². The molecule has 1 aromatic carbocycles. The average molecular weight is 329 g/mol. The standard InChI is InChI=1S/C12H11BrClN3O/c1-18-12-10(13)4-8(14)5-11(12)16-6-9-2-3-15-7-17-9/h2-5,7,16H,6H2,1H3. The molecule has 0 aliphatic carbocycles. The largest absolute Gasteiger partial charge is 0.493 e. The van der Waals surface area contributed by atoms with Gasteiger partial charge in [0.1, 0.15) is 6.33 Å². The van der Waals surface area contributed by atoms with Crippen LogP contribution in [0.25, 0.3) is 0 Å². The van der Waals surface area contributed by atoms with E-state index in [9.17, 15) is 0 Å². The van der Waals surface area contributed by atoms with Gasteiger partial charge in [0, 0.05) is 11.2 Å². The van der Waals surface area contributed by atoms with Crippen molar-refractivity contribution < 1.29 is 4.74 Å². The minimum absolute atomic E-state index is 0.575. The second-order valence-electron chi connectivity index (χ2n) is 3.52. The van der Waals surface area contributed by atoms with Crippen molar-refractivity contribution in [2.24, 2.45) is 0 Å². The summed E-state index contributed by atoms with van der Waals surface area (Å²) in [5.41, 5.74) is 1.71. The molecule has 1 heterocycles. The van der Waals surface area contributed by atoms with Crippen LogP contribution < -0.4 is 10.1 Å². The summed E-state index contributed by atoms with van der Waals surface area (Å²) >= 11 is 9.42. The Hall–Kier alpha value is -1.33. The molecule has 2 rings (SSSR count). The van der Waals surface area contributed by atoms with E-state index in [1.165, 1.54) is 6.33 Å². The van der Waals surface area contributed by atoms with Crippen LogP contribution in [0.2, 0.25) is 5.02 Å². The molecule has 0 unspecified atom stereocenters. The zero-order chi connectivity index (χ0) is 13.0. The highest BCUT2D eigenvalue weighted by atomic mass is 79.9. The van der Waals surface area contributed by atoms with Crippen molar-refractivity contribution in [2.45, 2.75) is 6.54 Å². The first-order chi connectivity index (χ1) is 8.70. The molecule has 0 atom stereocenters. The summed E-state index contributed by atoms with van der Waals surface area (Å²) in [5.74, 6) is 0.716. The number of methoxy groups -OCH3 is 1. The Morgan fingerprint density at radius 1 is 1.44 bits per heavy atom. The molecule has 0 spiro atoms. The monoisotopic (exact) mass is 327 g/mol. The molecule has 6 heteroatoms. The SMILES string of the molecule is COc1c(Br)cc(Cl)cc1NCc1ccncn1. The molecule has 2 aromatic rings. The summed E-state index contributed by atoms with van der Waals surface area (Å²) in [7, 11) is 1.61. The maximum Gasteiger partial charge on any atom is 0.156 e. The van der Waals surface area contributed by atoms with Gasteiger partial charge in [0.25, 0.3) is 0 Å². The lowest BCUT2D eigenvalue weighted by molar-refractivity contribution is 0.414. The average Bonchev–Trinajstić information content (AvgIpc) is 2.37. The van der Waals surface area contributed by atoms with Crippen LogP contribution in [-0.2, 0) is 6.54 Å². The van der Waals surface area contributed by atoms with Gasteiger partial charge >= 0.3 is 0 Å². The van der Waals surface area contributed by atoms with Gasteiger partial charge < -0.3 is 10.1 Å². The molecule has 0 radical (unpaired) electrons. The number of nitrogens with one attached hydrogen (secondary N) is 1. The zero-order valence-corrected chi connectivity index (χ0v) is 12.0. The van der Waals surface area contributed by atoms with Crippen molar-refractivity contribution in [1.29, 1.82) is 0 Å². The molecule has 4 nitrogen and oxygen atoms in total. The number of nitrogens with zero attached hydrogens (tertiary/aromatic N) is 2. The molecule has 94 valence electrons. The Morgan fingerprint density at radius 2 is 2.28 bits per heavy atom. The van der Waals surface area contributed by atoms with Crippen LogP contribution in [0.1, 0.15) is 5.69 Å². The van der Waals surface area contributed by atoms with Crippen molar-refractivity contribution in [1.82, 2.24) is 9.97 Å². The van der Waals surface area contributed by atoms with E-state index in [1.807, 2.05) is 12.1 Å².